The van der Waals surface area contributed by atoms with Crippen LogP contribution in [0.1, 0.15) is 23.0 Å². The minimum atomic E-state index is -0.940. The van der Waals surface area contributed by atoms with Gasteiger partial charge in [0.15, 0.2) is 5.82 Å². The van der Waals surface area contributed by atoms with Gasteiger partial charge in [0.1, 0.15) is 5.69 Å². The third-order valence-electron chi connectivity index (χ3n) is 2.25. The van der Waals surface area contributed by atoms with E-state index in [2.05, 4.69) is 22.4 Å². The lowest BCUT2D eigenvalue weighted by atomic mass is 9.97. The molecule has 1 unspecified atom stereocenters. The van der Waals surface area contributed by atoms with Crippen molar-refractivity contribution in [3.05, 3.63) is 11.3 Å². The van der Waals surface area contributed by atoms with Crippen molar-refractivity contribution in [3.63, 3.8) is 0 Å². The van der Waals surface area contributed by atoms with Crippen LogP contribution in [0.15, 0.2) is 0 Å². The maximum absolute atomic E-state index is 10.7. The Balaban J connectivity index is 2.41. The second-order valence-corrected chi connectivity index (χ2v) is 3.42. The molecule has 1 aliphatic rings. The van der Waals surface area contributed by atoms with Crippen LogP contribution >= 0.6 is 0 Å². The fourth-order valence-electron chi connectivity index (χ4n) is 1.58. The van der Waals surface area contributed by atoms with E-state index in [0.29, 0.717) is 11.7 Å². The molecular weight excluding hydrogens is 170 g/mol. The van der Waals surface area contributed by atoms with Gasteiger partial charge in [0, 0.05) is 12.1 Å². The average Bonchev–Trinajstić information content (AvgIpc) is 2.46. The zero-order valence-electron chi connectivity index (χ0n) is 7.29. The maximum Gasteiger partial charge on any atom is 0.354 e. The van der Waals surface area contributed by atoms with Crippen LogP contribution in [-0.2, 0) is 6.42 Å². The minimum Gasteiger partial charge on any atom is -0.477 e. The van der Waals surface area contributed by atoms with Crippen LogP contribution in [0.4, 0.5) is 5.82 Å². The lowest BCUT2D eigenvalue weighted by molar-refractivity contribution is 0.0689. The molecular formula is C8H11N3O2. The monoisotopic (exact) mass is 181 g/mol. The molecule has 5 nitrogen and oxygen atoms in total. The first-order chi connectivity index (χ1) is 6.18. The lowest BCUT2D eigenvalue weighted by Gasteiger charge is -2.18. The molecule has 1 atom stereocenters. The number of carbonyl (C=O) groups is 1. The number of rotatable bonds is 1. The van der Waals surface area contributed by atoms with Crippen LogP contribution < -0.4 is 5.32 Å². The molecule has 0 saturated heterocycles. The van der Waals surface area contributed by atoms with E-state index in [1.54, 1.807) is 0 Å². The quantitative estimate of drug-likeness (QED) is 0.596. The van der Waals surface area contributed by atoms with Crippen molar-refractivity contribution in [1.82, 2.24) is 10.2 Å². The molecule has 0 spiro atoms. The number of hydrogen-bond acceptors (Lipinski definition) is 3. The highest BCUT2D eigenvalue weighted by atomic mass is 16.4. The smallest absolute Gasteiger partial charge is 0.354 e. The Morgan fingerprint density at radius 1 is 1.69 bits per heavy atom. The van der Waals surface area contributed by atoms with E-state index < -0.39 is 5.97 Å². The molecule has 0 fully saturated rings. The number of nitrogens with zero attached hydrogens (tertiary/aromatic N) is 1. The zero-order chi connectivity index (χ0) is 9.42. The van der Waals surface area contributed by atoms with Crippen molar-refractivity contribution >= 4 is 11.8 Å². The maximum atomic E-state index is 10.7. The van der Waals surface area contributed by atoms with Crippen LogP contribution in [0.25, 0.3) is 0 Å². The standard InChI is InChI=1S/C8H11N3O2/c1-4-2-5-6(8(12)13)10-11-7(5)9-3-4/h4H,2-3H2,1H3,(H,12,13)(H2,9,10,11). The van der Waals surface area contributed by atoms with Gasteiger partial charge in [-0.15, -0.1) is 0 Å². The summed E-state index contributed by atoms with van der Waals surface area (Å²) in [5.41, 5.74) is 1.01. The van der Waals surface area contributed by atoms with Gasteiger partial charge in [0.25, 0.3) is 0 Å². The Morgan fingerprint density at radius 3 is 3.15 bits per heavy atom. The van der Waals surface area contributed by atoms with Crippen LogP contribution in [0.3, 0.4) is 0 Å². The van der Waals surface area contributed by atoms with Crippen molar-refractivity contribution < 1.29 is 9.90 Å². The normalized spacial score (nSPS) is 20.5. The number of nitrogens with one attached hydrogen (secondary N) is 2. The number of aromatic amines is 1. The first-order valence-electron chi connectivity index (χ1n) is 4.23. The molecule has 0 amide bonds. The molecule has 13 heavy (non-hydrogen) atoms. The molecule has 0 aromatic carbocycles. The minimum absolute atomic E-state index is 0.217. The summed E-state index contributed by atoms with van der Waals surface area (Å²) < 4.78 is 0. The van der Waals surface area contributed by atoms with Crippen molar-refractivity contribution in [3.8, 4) is 0 Å². The molecule has 70 valence electrons. The van der Waals surface area contributed by atoms with Crippen LogP contribution in [0, 0.1) is 5.92 Å². The Labute approximate surface area is 75.2 Å². The molecule has 5 heteroatoms. The number of hydrogen-bond donors (Lipinski definition) is 3. The van der Waals surface area contributed by atoms with E-state index in [1.165, 1.54) is 0 Å². The van der Waals surface area contributed by atoms with Gasteiger partial charge in [-0.2, -0.15) is 5.10 Å². The molecule has 1 aromatic heterocycles. The molecule has 0 aliphatic carbocycles. The van der Waals surface area contributed by atoms with Gasteiger partial charge >= 0.3 is 5.97 Å². The van der Waals surface area contributed by atoms with Gasteiger partial charge in [-0.3, -0.25) is 5.10 Å². The molecule has 0 radical (unpaired) electrons. The van der Waals surface area contributed by atoms with Gasteiger partial charge in [0.2, 0.25) is 0 Å². The van der Waals surface area contributed by atoms with E-state index >= 15 is 0 Å². The number of carboxylic acids is 1. The Morgan fingerprint density at radius 2 is 2.46 bits per heavy atom. The van der Waals surface area contributed by atoms with Crippen molar-refractivity contribution in [1.29, 1.82) is 0 Å². The van der Waals surface area contributed by atoms with Crippen LogP contribution in [0.5, 0.6) is 0 Å². The summed E-state index contributed by atoms with van der Waals surface area (Å²) in [4.78, 5) is 10.7. The number of fused-ring (bicyclic) bond motifs is 1. The fraction of sp³-hybridized carbons (Fsp3) is 0.500. The molecule has 3 N–H and O–H groups in total. The lowest BCUT2D eigenvalue weighted by Crippen LogP contribution is -2.21. The first-order valence-corrected chi connectivity index (χ1v) is 4.23. The summed E-state index contributed by atoms with van der Waals surface area (Å²) in [7, 11) is 0. The summed E-state index contributed by atoms with van der Waals surface area (Å²) >= 11 is 0. The molecule has 1 aromatic rings. The van der Waals surface area contributed by atoms with E-state index in [9.17, 15) is 4.79 Å². The second kappa shape index (κ2) is 2.76. The van der Waals surface area contributed by atoms with Gasteiger partial charge in [0.05, 0.1) is 0 Å². The predicted molar refractivity (Wildman–Crippen MR) is 46.9 cm³/mol. The van der Waals surface area contributed by atoms with Crippen LogP contribution in [-0.4, -0.2) is 27.8 Å². The molecule has 2 heterocycles. The topological polar surface area (TPSA) is 78.0 Å². The third-order valence-corrected chi connectivity index (χ3v) is 2.25. The summed E-state index contributed by atoms with van der Waals surface area (Å²) in [6, 6.07) is 0. The third kappa shape index (κ3) is 1.26. The zero-order valence-corrected chi connectivity index (χ0v) is 7.29. The molecule has 0 saturated carbocycles. The summed E-state index contributed by atoms with van der Waals surface area (Å²) in [5, 5.41) is 18.3. The van der Waals surface area contributed by atoms with Crippen molar-refractivity contribution in [2.75, 3.05) is 11.9 Å². The van der Waals surface area contributed by atoms with Gasteiger partial charge in [-0.05, 0) is 12.3 Å². The van der Waals surface area contributed by atoms with E-state index in [4.69, 9.17) is 5.11 Å². The van der Waals surface area contributed by atoms with E-state index in [1.807, 2.05) is 0 Å². The number of aromatic nitrogens is 2. The Kier molecular flexibility index (Phi) is 1.72. The van der Waals surface area contributed by atoms with Gasteiger partial charge in [-0.1, -0.05) is 6.92 Å². The predicted octanol–water partition coefficient (Wildman–Crippen LogP) is 0.712. The van der Waals surface area contributed by atoms with E-state index in [0.717, 1.165) is 18.5 Å². The molecule has 2 rings (SSSR count). The largest absolute Gasteiger partial charge is 0.477 e. The van der Waals surface area contributed by atoms with Gasteiger partial charge in [-0.25, -0.2) is 4.79 Å². The van der Waals surface area contributed by atoms with Gasteiger partial charge < -0.3 is 10.4 Å². The summed E-state index contributed by atoms with van der Waals surface area (Å²) in [5.74, 6) is 0.211. The number of aromatic carboxylic acids is 1. The highest BCUT2D eigenvalue weighted by molar-refractivity contribution is 5.88. The number of H-pyrrole nitrogens is 1. The molecule has 0 bridgehead atoms. The second-order valence-electron chi connectivity index (χ2n) is 3.42. The van der Waals surface area contributed by atoms with Crippen molar-refractivity contribution in [2.24, 2.45) is 5.92 Å². The number of anilines is 1. The average molecular weight is 181 g/mol. The summed E-state index contributed by atoms with van der Waals surface area (Å²) in [6.45, 7) is 2.94. The fourth-order valence-corrected chi connectivity index (χ4v) is 1.58. The first kappa shape index (κ1) is 8.10. The SMILES string of the molecule is CC1CNc2n[nH]c(C(=O)O)c2C1. The number of carboxylic acid groups (broad SMARTS) is 1. The highest BCUT2D eigenvalue weighted by Crippen LogP contribution is 2.24. The van der Waals surface area contributed by atoms with E-state index in [-0.39, 0.29) is 5.69 Å². The highest BCUT2D eigenvalue weighted by Gasteiger charge is 2.23. The Bertz CT molecular complexity index is 345. The van der Waals surface area contributed by atoms with Crippen LogP contribution in [0.2, 0.25) is 0 Å². The molecule has 1 aliphatic heterocycles. The Hall–Kier alpha value is -1.52. The summed E-state index contributed by atoms with van der Waals surface area (Å²) in [6.07, 6.45) is 0.778. The van der Waals surface area contributed by atoms with Crippen molar-refractivity contribution in [2.45, 2.75) is 13.3 Å².